The Kier molecular flexibility index (Phi) is 6.10. The fourth-order valence-electron chi connectivity index (χ4n) is 3.69. The van der Waals surface area contributed by atoms with Gasteiger partial charge in [-0.15, -0.1) is 0 Å². The van der Waals surface area contributed by atoms with Crippen molar-refractivity contribution in [2.45, 2.75) is 57.9 Å². The second-order valence-corrected chi connectivity index (χ2v) is 7.07. The van der Waals surface area contributed by atoms with E-state index in [9.17, 15) is 0 Å². The van der Waals surface area contributed by atoms with E-state index in [0.717, 1.165) is 41.2 Å². The molecule has 1 saturated carbocycles. The summed E-state index contributed by atoms with van der Waals surface area (Å²) in [6.45, 7) is 2.10. The molecule has 0 atom stereocenters. The molecule has 0 aliphatic heterocycles. The van der Waals surface area contributed by atoms with Gasteiger partial charge in [0.15, 0.2) is 0 Å². The molecular formula is C21H29N5. The van der Waals surface area contributed by atoms with Crippen molar-refractivity contribution in [2.75, 3.05) is 5.73 Å². The normalized spacial score (nSPS) is 16.4. The van der Waals surface area contributed by atoms with Crippen molar-refractivity contribution in [3.8, 4) is 0 Å². The summed E-state index contributed by atoms with van der Waals surface area (Å²) in [6.07, 6.45) is 11.5. The molecule has 1 fully saturated rings. The van der Waals surface area contributed by atoms with Crippen LogP contribution in [0.1, 0.15) is 61.5 Å². The maximum Gasteiger partial charge on any atom is 0.0956 e. The van der Waals surface area contributed by atoms with Crippen LogP contribution in [0.2, 0.25) is 0 Å². The van der Waals surface area contributed by atoms with E-state index < -0.39 is 0 Å². The van der Waals surface area contributed by atoms with Gasteiger partial charge in [0.2, 0.25) is 0 Å². The van der Waals surface area contributed by atoms with Gasteiger partial charge in [-0.2, -0.15) is 5.10 Å². The lowest BCUT2D eigenvalue weighted by atomic mass is 9.95. The third-order valence-electron chi connectivity index (χ3n) is 5.08. The number of nitrogens with zero attached hydrogens (tertiary/aromatic N) is 2. The summed E-state index contributed by atoms with van der Waals surface area (Å²) in [7, 11) is 0. The molecule has 3 rings (SSSR count). The minimum absolute atomic E-state index is 0.443. The molecule has 5 heteroatoms. The Labute approximate surface area is 155 Å². The van der Waals surface area contributed by atoms with Crippen LogP contribution in [-0.2, 0) is 12.8 Å². The lowest BCUT2D eigenvalue weighted by molar-refractivity contribution is 0.443. The fourth-order valence-corrected chi connectivity index (χ4v) is 3.69. The number of aryl methyl sites for hydroxylation is 2. The molecule has 0 spiro atoms. The topological polar surface area (TPSA) is 93.1 Å². The maximum atomic E-state index is 5.77. The number of aromatic amines is 1. The van der Waals surface area contributed by atoms with E-state index in [1.807, 2.05) is 18.2 Å². The van der Waals surface area contributed by atoms with Crippen LogP contribution in [0.15, 0.2) is 35.5 Å². The molecule has 1 aromatic heterocycles. The van der Waals surface area contributed by atoms with Crippen LogP contribution >= 0.6 is 0 Å². The van der Waals surface area contributed by atoms with Gasteiger partial charge in [0, 0.05) is 22.7 Å². The number of nitrogen functional groups attached to an aromatic ring is 1. The zero-order valence-corrected chi connectivity index (χ0v) is 15.5. The van der Waals surface area contributed by atoms with Crippen LogP contribution in [0.3, 0.4) is 0 Å². The van der Waals surface area contributed by atoms with E-state index in [4.69, 9.17) is 16.5 Å². The van der Waals surface area contributed by atoms with Gasteiger partial charge in [-0.05, 0) is 62.6 Å². The van der Waals surface area contributed by atoms with Gasteiger partial charge in [0.25, 0.3) is 0 Å². The summed E-state index contributed by atoms with van der Waals surface area (Å²) in [6, 6.07) is 8.49. The van der Waals surface area contributed by atoms with E-state index in [1.165, 1.54) is 43.9 Å². The number of hydrogen-bond acceptors (Lipinski definition) is 4. The van der Waals surface area contributed by atoms with Crippen molar-refractivity contribution < 1.29 is 0 Å². The summed E-state index contributed by atoms with van der Waals surface area (Å²) in [4.78, 5) is 5.01. The van der Waals surface area contributed by atoms with Gasteiger partial charge < -0.3 is 11.5 Å². The molecule has 1 aliphatic rings. The quantitative estimate of drug-likeness (QED) is 0.545. The number of hydrogen-bond donors (Lipinski definition) is 3. The number of aliphatic imine (C=N–C) groups is 1. The average Bonchev–Trinajstić information content (AvgIpc) is 3.05. The average molecular weight is 351 g/mol. The molecule has 0 bridgehead atoms. The number of nitrogens with two attached hydrogens (primary N) is 2. The van der Waals surface area contributed by atoms with Crippen molar-refractivity contribution in [3.05, 3.63) is 53.0 Å². The van der Waals surface area contributed by atoms with Crippen LogP contribution in [-0.4, -0.2) is 22.0 Å². The highest BCUT2D eigenvalue weighted by atomic mass is 15.1. The molecule has 1 aromatic carbocycles. The summed E-state index contributed by atoms with van der Waals surface area (Å²) >= 11 is 0. The van der Waals surface area contributed by atoms with E-state index in [1.54, 1.807) is 0 Å². The SMILES string of the molecule is CC(=NC1CCCCC1)c1c(C=CN)n[nH]c1CCc1ccc(N)cc1. The lowest BCUT2D eigenvalue weighted by Crippen LogP contribution is -2.13. The first-order valence-electron chi connectivity index (χ1n) is 9.52. The number of aromatic nitrogens is 2. The highest BCUT2D eigenvalue weighted by molar-refractivity contribution is 6.02. The number of nitrogens with one attached hydrogen (secondary N) is 1. The fraction of sp³-hybridized carbons (Fsp3) is 0.429. The van der Waals surface area contributed by atoms with Crippen molar-refractivity contribution in [1.29, 1.82) is 0 Å². The molecule has 26 heavy (non-hydrogen) atoms. The van der Waals surface area contributed by atoms with Crippen molar-refractivity contribution >= 4 is 17.5 Å². The smallest absolute Gasteiger partial charge is 0.0956 e. The van der Waals surface area contributed by atoms with Crippen molar-refractivity contribution in [1.82, 2.24) is 10.2 Å². The molecule has 0 unspecified atom stereocenters. The second kappa shape index (κ2) is 8.70. The second-order valence-electron chi connectivity index (χ2n) is 7.07. The van der Waals surface area contributed by atoms with Crippen LogP contribution in [0.4, 0.5) is 5.69 Å². The summed E-state index contributed by atoms with van der Waals surface area (Å²) in [5, 5.41) is 7.65. The summed E-state index contributed by atoms with van der Waals surface area (Å²) in [5.41, 5.74) is 17.6. The lowest BCUT2D eigenvalue weighted by Gasteiger charge is -2.18. The molecule has 1 aliphatic carbocycles. The molecule has 0 saturated heterocycles. The number of rotatable bonds is 6. The van der Waals surface area contributed by atoms with Gasteiger partial charge >= 0.3 is 0 Å². The van der Waals surface area contributed by atoms with Crippen LogP contribution in [0, 0.1) is 0 Å². The Morgan fingerprint density at radius 3 is 2.62 bits per heavy atom. The Bertz CT molecular complexity index is 764. The van der Waals surface area contributed by atoms with Crippen molar-refractivity contribution in [2.24, 2.45) is 10.7 Å². The highest BCUT2D eigenvalue weighted by Gasteiger charge is 2.17. The monoisotopic (exact) mass is 351 g/mol. The molecule has 2 aromatic rings. The van der Waals surface area contributed by atoms with Gasteiger partial charge in [-0.1, -0.05) is 31.4 Å². The zero-order valence-electron chi connectivity index (χ0n) is 15.5. The van der Waals surface area contributed by atoms with Gasteiger partial charge in [-0.25, -0.2) is 0 Å². The van der Waals surface area contributed by atoms with Gasteiger partial charge in [-0.3, -0.25) is 10.1 Å². The highest BCUT2D eigenvalue weighted by Crippen LogP contribution is 2.23. The van der Waals surface area contributed by atoms with Crippen LogP contribution in [0.25, 0.3) is 6.08 Å². The standard InChI is InChI=1S/C21H29N5/c1-15(24-18-5-3-2-4-6-18)21-19(25-26-20(21)13-14-22)12-9-16-7-10-17(23)11-8-16/h7-8,10-11,13-14,18H,2-6,9,12,22-23H2,1H3,(H,25,26). The Morgan fingerprint density at radius 1 is 1.19 bits per heavy atom. The Hall–Kier alpha value is -2.56. The molecule has 0 amide bonds. The first kappa shape index (κ1) is 18.2. The van der Waals surface area contributed by atoms with E-state index in [-0.39, 0.29) is 0 Å². The largest absolute Gasteiger partial charge is 0.405 e. The molecule has 5 nitrogen and oxygen atoms in total. The first-order valence-corrected chi connectivity index (χ1v) is 9.52. The van der Waals surface area contributed by atoms with Gasteiger partial charge in [0.05, 0.1) is 11.7 Å². The van der Waals surface area contributed by atoms with Crippen molar-refractivity contribution in [3.63, 3.8) is 0 Å². The number of anilines is 1. The number of H-pyrrole nitrogens is 1. The van der Waals surface area contributed by atoms with E-state index in [0.29, 0.717) is 6.04 Å². The molecule has 1 heterocycles. The molecule has 5 N–H and O–H groups in total. The minimum atomic E-state index is 0.443. The minimum Gasteiger partial charge on any atom is -0.405 e. The summed E-state index contributed by atoms with van der Waals surface area (Å²) < 4.78 is 0. The zero-order chi connectivity index (χ0) is 18.4. The van der Waals surface area contributed by atoms with Gasteiger partial charge in [0.1, 0.15) is 0 Å². The first-order chi connectivity index (χ1) is 12.7. The molecule has 138 valence electrons. The third-order valence-corrected chi connectivity index (χ3v) is 5.08. The third kappa shape index (κ3) is 4.54. The maximum absolute atomic E-state index is 5.77. The summed E-state index contributed by atoms with van der Waals surface area (Å²) in [5.74, 6) is 0. The molecule has 0 radical (unpaired) electrons. The van der Waals surface area contributed by atoms with E-state index >= 15 is 0 Å². The predicted molar refractivity (Wildman–Crippen MR) is 109 cm³/mol. The Balaban J connectivity index is 1.81. The predicted octanol–water partition coefficient (Wildman–Crippen LogP) is 3.85. The molecular weight excluding hydrogens is 322 g/mol. The Morgan fingerprint density at radius 2 is 1.92 bits per heavy atom. The van der Waals surface area contributed by atoms with Crippen LogP contribution < -0.4 is 11.5 Å². The number of benzene rings is 1. The van der Waals surface area contributed by atoms with E-state index in [2.05, 4.69) is 29.3 Å². The van der Waals surface area contributed by atoms with Crippen LogP contribution in [0.5, 0.6) is 0 Å².